The van der Waals surface area contributed by atoms with E-state index in [4.69, 9.17) is 0 Å². The second-order valence-electron chi connectivity index (χ2n) is 4.32. The topological polar surface area (TPSA) is 72.5 Å². The molecule has 1 unspecified atom stereocenters. The molecule has 0 spiro atoms. The van der Waals surface area contributed by atoms with Crippen molar-refractivity contribution in [2.45, 2.75) is 32.1 Å². The lowest BCUT2D eigenvalue weighted by Crippen LogP contribution is -2.48. The molecule has 1 N–H and O–H groups in total. The largest absolute Gasteiger partial charge is 0.755 e. The molecule has 0 bridgehead atoms. The first-order valence-electron chi connectivity index (χ1n) is 6.21. The minimum Gasteiger partial charge on any atom is -0.755 e. The minimum atomic E-state index is -2.36. The van der Waals surface area contributed by atoms with Crippen molar-refractivity contribution < 1.29 is 13.6 Å². The Morgan fingerprint density at radius 2 is 2.30 bits per heavy atom. The lowest BCUT2D eigenvalue weighted by atomic mass is 10.2. The van der Waals surface area contributed by atoms with Gasteiger partial charge in [-0.3, -0.25) is 13.3 Å². The summed E-state index contributed by atoms with van der Waals surface area (Å²) in [7, 11) is 0. The summed E-state index contributed by atoms with van der Waals surface area (Å²) in [5.41, 5.74) is 0.648. The van der Waals surface area contributed by atoms with Crippen molar-refractivity contribution in [2.75, 3.05) is 6.54 Å². The van der Waals surface area contributed by atoms with E-state index < -0.39 is 11.3 Å². The Morgan fingerprint density at radius 1 is 1.65 bits per heavy atom. The van der Waals surface area contributed by atoms with Crippen molar-refractivity contribution in [1.29, 1.82) is 0 Å². The first-order valence-corrected chi connectivity index (χ1v) is 8.12. The van der Waals surface area contributed by atoms with E-state index in [1.54, 1.807) is 36.9 Å². The Labute approximate surface area is 126 Å². The zero-order valence-electron chi connectivity index (χ0n) is 11.8. The van der Waals surface area contributed by atoms with Crippen LogP contribution in [0.15, 0.2) is 35.4 Å². The van der Waals surface area contributed by atoms with Gasteiger partial charge in [0.2, 0.25) is 5.91 Å². The van der Waals surface area contributed by atoms with Gasteiger partial charge in [0.25, 0.3) is 0 Å². The fraction of sp³-hybridized carbons (Fsp3) is 0.462. The Hall–Kier alpha value is -1.05. The summed E-state index contributed by atoms with van der Waals surface area (Å²) in [6.45, 7) is 9.15. The van der Waals surface area contributed by atoms with E-state index in [1.807, 2.05) is 6.92 Å². The normalized spacial score (nSPS) is 28.5. The number of amides is 1. The molecule has 1 amide bonds. The molecule has 1 heterocycles. The number of carbonyl (C=O) groups excluding carboxylic acids is 1. The predicted octanol–water partition coefficient (Wildman–Crippen LogP) is 1.70. The van der Waals surface area contributed by atoms with Gasteiger partial charge in [0.1, 0.15) is 0 Å². The standard InChI is InChI=1S/C13H20N2O3S2/c1-5-7-12-11(6-2)15(20(17)18)9(3)13(19-12)8-14-10(4)16/h5-7,9,13H,1,8H2,2-4H3,(H,14,16)(H,17,18)/p-1/b11-6+,12-7+/t9-,13+/m1/s1. The monoisotopic (exact) mass is 315 g/mol. The molecule has 3 atom stereocenters. The molecule has 0 aromatic rings. The second kappa shape index (κ2) is 7.66. The van der Waals surface area contributed by atoms with Gasteiger partial charge in [-0.15, -0.1) is 11.8 Å². The summed E-state index contributed by atoms with van der Waals surface area (Å²) in [6.07, 6.45) is 5.18. The van der Waals surface area contributed by atoms with Crippen LogP contribution < -0.4 is 5.32 Å². The van der Waals surface area contributed by atoms with Crippen molar-refractivity contribution in [1.82, 2.24) is 9.62 Å². The van der Waals surface area contributed by atoms with Gasteiger partial charge in [0.15, 0.2) is 0 Å². The summed E-state index contributed by atoms with van der Waals surface area (Å²) >= 11 is -0.806. The first kappa shape index (κ1) is 17.0. The van der Waals surface area contributed by atoms with E-state index in [2.05, 4.69) is 11.9 Å². The average Bonchev–Trinajstić information content (AvgIpc) is 2.37. The maximum Gasteiger partial charge on any atom is 0.216 e. The number of thioether (sulfide) groups is 1. The quantitative estimate of drug-likeness (QED) is 0.801. The lowest BCUT2D eigenvalue weighted by molar-refractivity contribution is -0.118. The molecule has 0 aliphatic carbocycles. The van der Waals surface area contributed by atoms with Crippen molar-refractivity contribution in [3.8, 4) is 0 Å². The highest BCUT2D eigenvalue weighted by molar-refractivity contribution is 8.04. The molecule has 1 aliphatic heterocycles. The van der Waals surface area contributed by atoms with Crippen LogP contribution in [0.2, 0.25) is 0 Å². The van der Waals surface area contributed by atoms with Crippen LogP contribution in [0.5, 0.6) is 0 Å². The summed E-state index contributed by atoms with van der Waals surface area (Å²) in [6, 6.07) is -0.238. The Morgan fingerprint density at radius 3 is 2.75 bits per heavy atom. The van der Waals surface area contributed by atoms with E-state index in [-0.39, 0.29) is 17.2 Å². The first-order chi connectivity index (χ1) is 9.42. The van der Waals surface area contributed by atoms with Crippen LogP contribution in [0.1, 0.15) is 20.8 Å². The van der Waals surface area contributed by atoms with Gasteiger partial charge < -0.3 is 9.87 Å². The van der Waals surface area contributed by atoms with Gasteiger partial charge in [-0.25, -0.2) is 0 Å². The van der Waals surface area contributed by atoms with Crippen LogP contribution in [0, 0.1) is 0 Å². The van der Waals surface area contributed by atoms with Crippen LogP contribution in [-0.2, 0) is 16.1 Å². The number of hydrogen-bond acceptors (Lipinski definition) is 4. The second-order valence-corrected chi connectivity index (χ2v) is 6.43. The van der Waals surface area contributed by atoms with Gasteiger partial charge in [0.05, 0.1) is 11.7 Å². The number of nitrogens with one attached hydrogen (secondary N) is 1. The highest BCUT2D eigenvalue weighted by atomic mass is 32.2. The van der Waals surface area contributed by atoms with Crippen molar-refractivity contribution in [3.63, 3.8) is 0 Å². The molecule has 20 heavy (non-hydrogen) atoms. The molecular formula is C13H19N2O3S2-. The van der Waals surface area contributed by atoms with E-state index in [0.29, 0.717) is 12.2 Å². The third-order valence-corrected chi connectivity index (χ3v) is 5.24. The van der Waals surface area contributed by atoms with E-state index in [9.17, 15) is 13.6 Å². The average molecular weight is 315 g/mol. The summed E-state index contributed by atoms with van der Waals surface area (Å²) in [4.78, 5) is 11.9. The Balaban J connectivity index is 3.08. The molecule has 1 rings (SSSR count). The van der Waals surface area contributed by atoms with Gasteiger partial charge in [-0.05, 0) is 19.9 Å². The third-order valence-electron chi connectivity index (χ3n) is 2.93. The summed E-state index contributed by atoms with van der Waals surface area (Å²) in [5.74, 6) is -0.126. The maximum atomic E-state index is 11.5. The zero-order valence-corrected chi connectivity index (χ0v) is 13.4. The molecule has 1 fully saturated rings. The van der Waals surface area contributed by atoms with Crippen LogP contribution in [0.3, 0.4) is 0 Å². The smallest absolute Gasteiger partial charge is 0.216 e. The van der Waals surface area contributed by atoms with Crippen molar-refractivity contribution >= 4 is 28.9 Å². The number of nitrogens with zero attached hydrogens (tertiary/aromatic N) is 1. The molecule has 0 saturated carbocycles. The molecule has 0 aromatic carbocycles. The molecular weight excluding hydrogens is 296 g/mol. The van der Waals surface area contributed by atoms with E-state index in [0.717, 1.165) is 4.91 Å². The third kappa shape index (κ3) is 3.97. The predicted molar refractivity (Wildman–Crippen MR) is 82.3 cm³/mol. The summed E-state index contributed by atoms with van der Waals surface area (Å²) in [5, 5.41) is 2.69. The maximum absolute atomic E-state index is 11.5. The van der Waals surface area contributed by atoms with Gasteiger partial charge >= 0.3 is 0 Å². The highest BCUT2D eigenvalue weighted by Crippen LogP contribution is 2.40. The van der Waals surface area contributed by atoms with E-state index in [1.165, 1.54) is 11.2 Å². The Bertz CT molecular complexity index is 474. The SMILES string of the molecule is C=C/C=C1/S[C@@H](CNC(C)=O)[C@@H](C)N(S(=O)[O-])/C1=C/C. The molecule has 1 aliphatic rings. The van der Waals surface area contributed by atoms with Crippen molar-refractivity contribution in [2.24, 2.45) is 0 Å². The molecule has 7 heteroatoms. The zero-order chi connectivity index (χ0) is 15.3. The molecule has 1 saturated heterocycles. The Kier molecular flexibility index (Phi) is 6.51. The van der Waals surface area contributed by atoms with Crippen LogP contribution in [0.4, 0.5) is 0 Å². The molecule has 5 nitrogen and oxygen atoms in total. The van der Waals surface area contributed by atoms with Gasteiger partial charge in [0, 0.05) is 34.9 Å². The van der Waals surface area contributed by atoms with Crippen LogP contribution >= 0.6 is 11.8 Å². The number of hydrogen-bond donors (Lipinski definition) is 1. The van der Waals surface area contributed by atoms with E-state index >= 15 is 0 Å². The minimum absolute atomic E-state index is 0.0494. The number of carbonyl (C=O) groups is 1. The fourth-order valence-corrected chi connectivity index (χ4v) is 4.22. The highest BCUT2D eigenvalue weighted by Gasteiger charge is 2.34. The van der Waals surface area contributed by atoms with Gasteiger partial charge in [-0.1, -0.05) is 18.7 Å². The molecule has 112 valence electrons. The van der Waals surface area contributed by atoms with Crippen LogP contribution in [-0.4, -0.2) is 36.8 Å². The van der Waals surface area contributed by atoms with Crippen molar-refractivity contribution in [3.05, 3.63) is 35.4 Å². The van der Waals surface area contributed by atoms with Crippen LogP contribution in [0.25, 0.3) is 0 Å². The lowest BCUT2D eigenvalue weighted by Gasteiger charge is -2.43. The number of allylic oxidation sites excluding steroid dienone is 3. The van der Waals surface area contributed by atoms with Gasteiger partial charge in [-0.2, -0.15) is 0 Å². The number of rotatable bonds is 4. The fourth-order valence-electron chi connectivity index (χ4n) is 1.97. The molecule has 0 radical (unpaired) electrons. The molecule has 0 aromatic heterocycles. The summed E-state index contributed by atoms with van der Waals surface area (Å²) < 4.78 is 24.4.